The first-order valence-corrected chi connectivity index (χ1v) is 8.95. The summed E-state index contributed by atoms with van der Waals surface area (Å²) in [4.78, 5) is 25.1. The first-order chi connectivity index (χ1) is 11.9. The minimum absolute atomic E-state index is 0.135. The second-order valence-electron chi connectivity index (χ2n) is 6.95. The van der Waals surface area contributed by atoms with Crippen molar-refractivity contribution in [3.63, 3.8) is 0 Å². The first-order valence-electron chi connectivity index (χ1n) is 8.95. The number of hydrogen-bond donors (Lipinski definition) is 1. The Hall–Kier alpha value is -2.04. The monoisotopic (exact) mass is 347 g/mol. The van der Waals surface area contributed by atoms with E-state index < -0.39 is 5.54 Å². The molecule has 0 spiro atoms. The van der Waals surface area contributed by atoms with Gasteiger partial charge in [0.05, 0.1) is 20.6 Å². The van der Waals surface area contributed by atoms with E-state index in [0.29, 0.717) is 12.8 Å². The van der Waals surface area contributed by atoms with E-state index in [-0.39, 0.29) is 18.3 Å². The van der Waals surface area contributed by atoms with Crippen LogP contribution in [0, 0.1) is 13.8 Å². The summed E-state index contributed by atoms with van der Waals surface area (Å²) in [5.41, 5.74) is 2.13. The molecule has 0 heterocycles. The van der Waals surface area contributed by atoms with Gasteiger partial charge in [0.25, 0.3) is 0 Å². The average Bonchev–Trinajstić information content (AvgIpc) is 2.83. The summed E-state index contributed by atoms with van der Waals surface area (Å²) in [7, 11) is 3.02. The Morgan fingerprint density at radius 1 is 1.04 bits per heavy atom. The highest BCUT2D eigenvalue weighted by Crippen LogP contribution is 2.29. The van der Waals surface area contributed by atoms with E-state index in [4.69, 9.17) is 9.47 Å². The first kappa shape index (κ1) is 19.3. The Balaban J connectivity index is 2.18. The van der Waals surface area contributed by atoms with Crippen LogP contribution in [0.2, 0.25) is 0 Å². The number of amides is 1. The lowest BCUT2D eigenvalue weighted by Gasteiger charge is -2.31. The topological polar surface area (TPSA) is 64.6 Å². The van der Waals surface area contributed by atoms with Gasteiger partial charge >= 0.3 is 5.97 Å². The molecule has 2 rings (SSSR count). The zero-order chi connectivity index (χ0) is 18.4. The Morgan fingerprint density at radius 3 is 2.08 bits per heavy atom. The highest BCUT2D eigenvalue weighted by Gasteiger charge is 2.41. The van der Waals surface area contributed by atoms with E-state index in [1.807, 2.05) is 26.0 Å². The molecule has 25 heavy (non-hydrogen) atoms. The minimum atomic E-state index is -0.878. The molecule has 1 fully saturated rings. The molecule has 1 aromatic rings. The molecule has 0 bridgehead atoms. The molecule has 0 atom stereocenters. The van der Waals surface area contributed by atoms with Gasteiger partial charge in [0.2, 0.25) is 5.91 Å². The van der Waals surface area contributed by atoms with Gasteiger partial charge in [-0.15, -0.1) is 0 Å². The number of carbonyl (C=O) groups is 2. The quantitative estimate of drug-likeness (QED) is 0.656. The van der Waals surface area contributed by atoms with E-state index in [9.17, 15) is 9.59 Å². The molecule has 138 valence electrons. The maximum absolute atomic E-state index is 12.7. The summed E-state index contributed by atoms with van der Waals surface area (Å²) >= 11 is 0. The van der Waals surface area contributed by atoms with Crippen LogP contribution < -0.4 is 10.1 Å². The maximum atomic E-state index is 12.7. The standard InChI is InChI=1S/C20H29NO4/c1-14-11-16(24-3)12-15(2)17(14)13-18(22)21-20(19(23)25-4)9-7-5-6-8-10-20/h11-12H,5-10,13H2,1-4H3,(H,21,22). The van der Waals surface area contributed by atoms with Crippen molar-refractivity contribution in [1.82, 2.24) is 5.32 Å². The average molecular weight is 347 g/mol. The van der Waals surface area contributed by atoms with E-state index in [2.05, 4.69) is 5.32 Å². The van der Waals surface area contributed by atoms with Gasteiger partial charge in [-0.3, -0.25) is 4.79 Å². The summed E-state index contributed by atoms with van der Waals surface area (Å²) in [6.07, 6.45) is 5.57. The smallest absolute Gasteiger partial charge is 0.331 e. The van der Waals surface area contributed by atoms with Crippen molar-refractivity contribution in [2.45, 2.75) is 64.3 Å². The van der Waals surface area contributed by atoms with E-state index in [1.165, 1.54) is 7.11 Å². The molecular formula is C20H29NO4. The van der Waals surface area contributed by atoms with Crippen LogP contribution in [0.4, 0.5) is 0 Å². The van der Waals surface area contributed by atoms with Crippen LogP contribution >= 0.6 is 0 Å². The third kappa shape index (κ3) is 4.53. The molecule has 5 heteroatoms. The van der Waals surface area contributed by atoms with Crippen LogP contribution in [0.5, 0.6) is 5.75 Å². The molecule has 0 unspecified atom stereocenters. The largest absolute Gasteiger partial charge is 0.497 e. The number of methoxy groups -OCH3 is 2. The van der Waals surface area contributed by atoms with Crippen LogP contribution in [0.15, 0.2) is 12.1 Å². The maximum Gasteiger partial charge on any atom is 0.331 e. The van der Waals surface area contributed by atoms with Gasteiger partial charge in [-0.05, 0) is 55.5 Å². The van der Waals surface area contributed by atoms with Crippen molar-refractivity contribution in [3.8, 4) is 5.75 Å². The van der Waals surface area contributed by atoms with Crippen molar-refractivity contribution < 1.29 is 19.1 Å². The molecule has 0 radical (unpaired) electrons. The molecule has 1 amide bonds. The Bertz CT molecular complexity index is 608. The normalized spacial score (nSPS) is 16.6. The van der Waals surface area contributed by atoms with Gasteiger partial charge in [0, 0.05) is 0 Å². The number of benzene rings is 1. The van der Waals surface area contributed by atoms with Crippen LogP contribution in [0.3, 0.4) is 0 Å². The predicted molar refractivity (Wildman–Crippen MR) is 96.8 cm³/mol. The second-order valence-corrected chi connectivity index (χ2v) is 6.95. The highest BCUT2D eigenvalue weighted by molar-refractivity contribution is 5.89. The third-order valence-corrected chi connectivity index (χ3v) is 5.15. The molecular weight excluding hydrogens is 318 g/mol. The number of rotatable bonds is 5. The Morgan fingerprint density at radius 2 is 1.60 bits per heavy atom. The third-order valence-electron chi connectivity index (χ3n) is 5.15. The summed E-state index contributed by atoms with van der Waals surface area (Å²) in [6, 6.07) is 3.86. The van der Waals surface area contributed by atoms with E-state index in [0.717, 1.165) is 48.1 Å². The van der Waals surface area contributed by atoms with Gasteiger partial charge < -0.3 is 14.8 Å². The van der Waals surface area contributed by atoms with Gasteiger partial charge in [-0.1, -0.05) is 25.7 Å². The van der Waals surface area contributed by atoms with Crippen molar-refractivity contribution in [2.75, 3.05) is 14.2 Å². The lowest BCUT2D eigenvalue weighted by Crippen LogP contribution is -2.55. The number of ether oxygens (including phenoxy) is 2. The molecule has 1 aromatic carbocycles. The van der Waals surface area contributed by atoms with Crippen LogP contribution in [0.25, 0.3) is 0 Å². The Kier molecular flexibility index (Phi) is 6.45. The van der Waals surface area contributed by atoms with Gasteiger partial charge in [-0.2, -0.15) is 0 Å². The molecule has 1 aliphatic carbocycles. The van der Waals surface area contributed by atoms with Crippen molar-refractivity contribution >= 4 is 11.9 Å². The van der Waals surface area contributed by atoms with Crippen LogP contribution in [-0.4, -0.2) is 31.6 Å². The van der Waals surface area contributed by atoms with Gasteiger partial charge in [0.1, 0.15) is 11.3 Å². The zero-order valence-electron chi connectivity index (χ0n) is 15.7. The molecule has 0 aliphatic heterocycles. The number of carbonyl (C=O) groups excluding carboxylic acids is 2. The minimum Gasteiger partial charge on any atom is -0.497 e. The Labute approximate surface area is 150 Å². The molecule has 5 nitrogen and oxygen atoms in total. The summed E-state index contributed by atoms with van der Waals surface area (Å²) in [5, 5.41) is 3.01. The fraction of sp³-hybridized carbons (Fsp3) is 0.600. The molecule has 1 saturated carbocycles. The number of aryl methyl sites for hydroxylation is 2. The fourth-order valence-electron chi connectivity index (χ4n) is 3.73. The predicted octanol–water partition coefficient (Wildman–Crippen LogP) is 3.24. The van der Waals surface area contributed by atoms with E-state index >= 15 is 0 Å². The fourth-order valence-corrected chi connectivity index (χ4v) is 3.73. The van der Waals surface area contributed by atoms with Crippen LogP contribution in [-0.2, 0) is 20.7 Å². The van der Waals surface area contributed by atoms with Crippen molar-refractivity contribution in [2.24, 2.45) is 0 Å². The molecule has 0 aromatic heterocycles. The summed E-state index contributed by atoms with van der Waals surface area (Å²) < 4.78 is 10.3. The number of nitrogens with one attached hydrogen (secondary N) is 1. The van der Waals surface area contributed by atoms with Crippen molar-refractivity contribution in [3.05, 3.63) is 28.8 Å². The molecule has 1 aliphatic rings. The van der Waals surface area contributed by atoms with E-state index in [1.54, 1.807) is 7.11 Å². The highest BCUT2D eigenvalue weighted by atomic mass is 16.5. The zero-order valence-corrected chi connectivity index (χ0v) is 15.7. The number of esters is 1. The lowest BCUT2D eigenvalue weighted by molar-refractivity contribution is -0.151. The summed E-state index contributed by atoms with van der Waals surface area (Å²) in [6.45, 7) is 3.94. The van der Waals surface area contributed by atoms with Gasteiger partial charge in [-0.25, -0.2) is 4.79 Å². The lowest BCUT2D eigenvalue weighted by atomic mass is 9.89. The van der Waals surface area contributed by atoms with Crippen molar-refractivity contribution in [1.29, 1.82) is 0 Å². The SMILES string of the molecule is COC(=O)C1(NC(=O)Cc2c(C)cc(OC)cc2C)CCCCCC1. The van der Waals surface area contributed by atoms with Gasteiger partial charge in [0.15, 0.2) is 0 Å². The molecule has 0 saturated heterocycles. The molecule has 1 N–H and O–H groups in total. The second kappa shape index (κ2) is 8.37. The number of hydrogen-bond acceptors (Lipinski definition) is 4. The summed E-state index contributed by atoms with van der Waals surface area (Å²) in [5.74, 6) is 0.323. The van der Waals surface area contributed by atoms with Crippen LogP contribution in [0.1, 0.15) is 55.2 Å².